The van der Waals surface area contributed by atoms with Gasteiger partial charge in [0, 0.05) is 21.2 Å². The van der Waals surface area contributed by atoms with Crippen molar-refractivity contribution < 1.29 is 9.53 Å². The summed E-state index contributed by atoms with van der Waals surface area (Å²) in [6.07, 6.45) is 3.36. The van der Waals surface area contributed by atoms with E-state index in [0.29, 0.717) is 16.5 Å². The second-order valence-electron chi connectivity index (χ2n) is 5.19. The van der Waals surface area contributed by atoms with Gasteiger partial charge in [0.2, 0.25) is 0 Å². The monoisotopic (exact) mass is 332 g/mol. The largest absolute Gasteiger partial charge is 0.497 e. The molecule has 4 heteroatoms. The van der Waals surface area contributed by atoms with Crippen molar-refractivity contribution in [1.82, 2.24) is 0 Å². The van der Waals surface area contributed by atoms with E-state index in [-0.39, 0.29) is 5.78 Å². The first-order chi connectivity index (χ1) is 10.6. The van der Waals surface area contributed by atoms with Crippen molar-refractivity contribution >= 4 is 35.1 Å². The summed E-state index contributed by atoms with van der Waals surface area (Å²) in [7, 11) is 1.63. The van der Waals surface area contributed by atoms with Crippen LogP contribution in [0.5, 0.6) is 5.75 Å². The number of aryl methyl sites for hydroxylation is 1. The molecular weight excluding hydrogens is 319 g/mol. The van der Waals surface area contributed by atoms with Gasteiger partial charge in [0.1, 0.15) is 5.75 Å². The average Bonchev–Trinajstić information content (AvgIpc) is 2.52. The predicted molar refractivity (Wildman–Crippen MR) is 90.1 cm³/mol. The minimum atomic E-state index is 0.0509. The van der Waals surface area contributed by atoms with E-state index in [0.717, 1.165) is 34.4 Å². The Balaban J connectivity index is 1.97. The Morgan fingerprint density at radius 2 is 1.91 bits per heavy atom. The second kappa shape index (κ2) is 6.15. The Kier molecular flexibility index (Phi) is 4.23. The van der Waals surface area contributed by atoms with Crippen LogP contribution in [0.15, 0.2) is 42.0 Å². The van der Waals surface area contributed by atoms with E-state index in [2.05, 4.69) is 0 Å². The molecule has 0 aromatic heterocycles. The maximum atomic E-state index is 12.6. The summed E-state index contributed by atoms with van der Waals surface area (Å²) in [5.74, 6) is 0.828. The Bertz CT molecular complexity index is 779. The summed E-state index contributed by atoms with van der Waals surface area (Å²) in [6.45, 7) is 0. The number of carbonyl (C=O) groups is 1. The number of methoxy groups -OCH3 is 1. The van der Waals surface area contributed by atoms with Crippen LogP contribution in [0.2, 0.25) is 10.0 Å². The number of ketones is 1. The summed E-state index contributed by atoms with van der Waals surface area (Å²) < 4.78 is 5.21. The normalized spacial score (nSPS) is 15.8. The smallest absolute Gasteiger partial charge is 0.189 e. The van der Waals surface area contributed by atoms with Gasteiger partial charge >= 0.3 is 0 Å². The van der Waals surface area contributed by atoms with Crippen molar-refractivity contribution in [3.8, 4) is 5.75 Å². The molecule has 2 nitrogen and oxygen atoms in total. The van der Waals surface area contributed by atoms with Crippen LogP contribution >= 0.6 is 23.2 Å². The van der Waals surface area contributed by atoms with Crippen molar-refractivity contribution in [2.75, 3.05) is 7.11 Å². The Labute approximate surface area is 139 Å². The van der Waals surface area contributed by atoms with Gasteiger partial charge in [-0.25, -0.2) is 0 Å². The van der Waals surface area contributed by atoms with E-state index >= 15 is 0 Å². The molecule has 0 amide bonds. The number of carbonyl (C=O) groups excluding carboxylic acids is 1. The van der Waals surface area contributed by atoms with Gasteiger partial charge in [-0.05, 0) is 60.4 Å². The van der Waals surface area contributed by atoms with Crippen LogP contribution in [0.1, 0.15) is 27.9 Å². The van der Waals surface area contributed by atoms with Crippen LogP contribution in [0.25, 0.3) is 6.08 Å². The van der Waals surface area contributed by atoms with Gasteiger partial charge in [-0.1, -0.05) is 29.3 Å². The maximum Gasteiger partial charge on any atom is 0.189 e. The number of Topliss-reactive ketones (excluding diaryl/α,β-unsaturated/α-hetero) is 1. The number of benzene rings is 2. The van der Waals surface area contributed by atoms with Gasteiger partial charge in [-0.15, -0.1) is 0 Å². The van der Waals surface area contributed by atoms with Crippen molar-refractivity contribution in [3.05, 3.63) is 68.7 Å². The lowest BCUT2D eigenvalue weighted by Crippen LogP contribution is -2.14. The summed E-state index contributed by atoms with van der Waals surface area (Å²) in [6, 6.07) is 10.9. The number of ether oxygens (including phenoxy) is 1. The molecule has 0 unspecified atom stereocenters. The van der Waals surface area contributed by atoms with E-state index in [9.17, 15) is 4.79 Å². The molecule has 0 atom stereocenters. The number of hydrogen-bond acceptors (Lipinski definition) is 2. The Morgan fingerprint density at radius 1 is 1.09 bits per heavy atom. The molecule has 1 aliphatic carbocycles. The fourth-order valence-electron chi connectivity index (χ4n) is 2.63. The lowest BCUT2D eigenvalue weighted by molar-refractivity contribution is 0.102. The molecular formula is C18H14Cl2O2. The number of hydrogen-bond donors (Lipinski definition) is 0. The second-order valence-corrected chi connectivity index (χ2v) is 6.03. The lowest BCUT2D eigenvalue weighted by Gasteiger charge is -2.18. The SMILES string of the molecule is COc1ccc2c(c1)CCC(=Cc1ccc(Cl)cc1Cl)C2=O. The highest BCUT2D eigenvalue weighted by molar-refractivity contribution is 6.35. The predicted octanol–water partition coefficient (Wildman–Crippen LogP) is 5.21. The molecule has 0 aliphatic heterocycles. The number of halogens is 2. The summed E-state index contributed by atoms with van der Waals surface area (Å²) in [5.41, 5.74) is 3.35. The van der Waals surface area contributed by atoms with E-state index < -0.39 is 0 Å². The molecule has 3 rings (SSSR count). The number of fused-ring (bicyclic) bond motifs is 1. The van der Waals surface area contributed by atoms with E-state index in [1.165, 1.54) is 0 Å². The molecule has 0 fully saturated rings. The molecule has 0 radical (unpaired) electrons. The standard InChI is InChI=1S/C18H14Cl2O2/c1-22-15-6-7-16-11(9-15)2-3-13(18(16)21)8-12-4-5-14(19)10-17(12)20/h4-10H,2-3H2,1H3. The maximum absolute atomic E-state index is 12.6. The van der Waals surface area contributed by atoms with E-state index in [4.69, 9.17) is 27.9 Å². The molecule has 0 saturated carbocycles. The highest BCUT2D eigenvalue weighted by Crippen LogP contribution is 2.31. The fraction of sp³-hybridized carbons (Fsp3) is 0.167. The molecule has 2 aromatic rings. The quantitative estimate of drug-likeness (QED) is 0.705. The molecule has 2 aromatic carbocycles. The van der Waals surface area contributed by atoms with Crippen LogP contribution in [-0.2, 0) is 6.42 Å². The molecule has 0 bridgehead atoms. The zero-order valence-corrected chi connectivity index (χ0v) is 13.5. The topological polar surface area (TPSA) is 26.3 Å². The first-order valence-electron chi connectivity index (χ1n) is 6.95. The number of rotatable bonds is 2. The summed E-state index contributed by atoms with van der Waals surface area (Å²) >= 11 is 12.1. The highest BCUT2D eigenvalue weighted by atomic mass is 35.5. The fourth-order valence-corrected chi connectivity index (χ4v) is 3.09. The minimum Gasteiger partial charge on any atom is -0.497 e. The lowest BCUT2D eigenvalue weighted by atomic mass is 9.86. The Morgan fingerprint density at radius 3 is 2.64 bits per heavy atom. The van der Waals surface area contributed by atoms with Gasteiger partial charge in [0.25, 0.3) is 0 Å². The highest BCUT2D eigenvalue weighted by Gasteiger charge is 2.22. The first kappa shape index (κ1) is 15.1. The summed E-state index contributed by atoms with van der Waals surface area (Å²) in [5, 5.41) is 1.13. The third-order valence-corrected chi connectivity index (χ3v) is 4.37. The zero-order chi connectivity index (χ0) is 15.7. The van der Waals surface area contributed by atoms with E-state index in [1.54, 1.807) is 19.2 Å². The molecule has 0 heterocycles. The first-order valence-corrected chi connectivity index (χ1v) is 7.71. The van der Waals surface area contributed by atoms with E-state index in [1.807, 2.05) is 30.3 Å². The third-order valence-electron chi connectivity index (χ3n) is 3.80. The van der Waals surface area contributed by atoms with Gasteiger partial charge < -0.3 is 4.74 Å². The molecule has 1 aliphatic rings. The third kappa shape index (κ3) is 2.90. The van der Waals surface area contributed by atoms with Crippen LogP contribution in [0.3, 0.4) is 0 Å². The molecule has 22 heavy (non-hydrogen) atoms. The average molecular weight is 333 g/mol. The van der Waals surface area contributed by atoms with Gasteiger partial charge in [-0.2, -0.15) is 0 Å². The van der Waals surface area contributed by atoms with Crippen LogP contribution < -0.4 is 4.74 Å². The molecule has 0 spiro atoms. The van der Waals surface area contributed by atoms with Crippen LogP contribution in [-0.4, -0.2) is 12.9 Å². The molecule has 0 saturated heterocycles. The van der Waals surface area contributed by atoms with Crippen molar-refractivity contribution in [2.24, 2.45) is 0 Å². The molecule has 0 N–H and O–H groups in total. The summed E-state index contributed by atoms with van der Waals surface area (Å²) in [4.78, 5) is 12.6. The minimum absolute atomic E-state index is 0.0509. The Hall–Kier alpha value is -1.77. The van der Waals surface area contributed by atoms with Gasteiger partial charge in [0.05, 0.1) is 7.11 Å². The van der Waals surface area contributed by atoms with Crippen molar-refractivity contribution in [3.63, 3.8) is 0 Å². The van der Waals surface area contributed by atoms with Crippen LogP contribution in [0.4, 0.5) is 0 Å². The number of allylic oxidation sites excluding steroid dienone is 1. The molecule has 112 valence electrons. The zero-order valence-electron chi connectivity index (χ0n) is 12.0. The van der Waals surface area contributed by atoms with Crippen molar-refractivity contribution in [1.29, 1.82) is 0 Å². The van der Waals surface area contributed by atoms with Gasteiger partial charge in [-0.3, -0.25) is 4.79 Å². The van der Waals surface area contributed by atoms with Crippen molar-refractivity contribution in [2.45, 2.75) is 12.8 Å². The van der Waals surface area contributed by atoms with Crippen LogP contribution in [0, 0.1) is 0 Å². The van der Waals surface area contributed by atoms with Gasteiger partial charge in [0.15, 0.2) is 5.78 Å².